The minimum Gasteiger partial charge on any atom is -0.310 e. The molecule has 0 saturated heterocycles. The molecule has 0 fully saturated rings. The van der Waals surface area contributed by atoms with E-state index in [1.165, 1.54) is 97.7 Å². The lowest BCUT2D eigenvalue weighted by Crippen LogP contribution is -2.16. The molecular formula is C58H43NS. The van der Waals surface area contributed by atoms with Gasteiger partial charge < -0.3 is 4.90 Å². The Hall–Kier alpha value is -6.74. The molecule has 12 rings (SSSR count). The zero-order valence-electron chi connectivity index (χ0n) is 34.3. The highest BCUT2D eigenvalue weighted by Crippen LogP contribution is 2.56. The Morgan fingerprint density at radius 1 is 0.367 bits per heavy atom. The van der Waals surface area contributed by atoms with Crippen molar-refractivity contribution in [3.05, 3.63) is 210 Å². The van der Waals surface area contributed by atoms with Crippen molar-refractivity contribution in [2.45, 2.75) is 38.5 Å². The highest BCUT2D eigenvalue weighted by atomic mass is 32.1. The van der Waals surface area contributed by atoms with E-state index in [1.807, 2.05) is 11.3 Å². The summed E-state index contributed by atoms with van der Waals surface area (Å²) in [6, 6.07) is 70.2. The number of rotatable bonds is 5. The van der Waals surface area contributed by atoms with Gasteiger partial charge in [-0.05, 0) is 121 Å². The lowest BCUT2D eigenvalue weighted by atomic mass is 9.80. The summed E-state index contributed by atoms with van der Waals surface area (Å²) >= 11 is 1.93. The van der Waals surface area contributed by atoms with Crippen LogP contribution in [-0.4, -0.2) is 0 Å². The summed E-state index contributed by atoms with van der Waals surface area (Å²) in [5.74, 6) is 0. The third-order valence-corrected chi connectivity index (χ3v) is 14.9. The molecule has 0 N–H and O–H groups in total. The topological polar surface area (TPSA) is 3.24 Å². The van der Waals surface area contributed by atoms with E-state index in [-0.39, 0.29) is 10.8 Å². The second kappa shape index (κ2) is 12.9. The quantitative estimate of drug-likeness (QED) is 0.168. The fraction of sp³-hybridized carbons (Fsp3) is 0.103. The maximum Gasteiger partial charge on any atom is 0.0465 e. The van der Waals surface area contributed by atoms with Crippen LogP contribution in [0.15, 0.2) is 188 Å². The lowest BCUT2D eigenvalue weighted by Gasteiger charge is -2.28. The van der Waals surface area contributed by atoms with Crippen LogP contribution in [0.1, 0.15) is 49.9 Å². The number of anilines is 3. The normalized spacial score (nSPS) is 14.3. The van der Waals surface area contributed by atoms with E-state index in [2.05, 4.69) is 221 Å². The van der Waals surface area contributed by atoms with Gasteiger partial charge in [-0.1, -0.05) is 167 Å². The van der Waals surface area contributed by atoms with E-state index in [4.69, 9.17) is 0 Å². The molecule has 0 bridgehead atoms. The summed E-state index contributed by atoms with van der Waals surface area (Å²) in [7, 11) is 0. The van der Waals surface area contributed by atoms with Crippen LogP contribution in [0.25, 0.3) is 75.5 Å². The first-order valence-electron chi connectivity index (χ1n) is 21.1. The molecule has 286 valence electrons. The smallest absolute Gasteiger partial charge is 0.0465 e. The molecule has 1 aromatic heterocycles. The Morgan fingerprint density at radius 2 is 0.917 bits per heavy atom. The molecule has 0 aliphatic heterocycles. The maximum absolute atomic E-state index is 2.51. The fourth-order valence-corrected chi connectivity index (χ4v) is 11.9. The van der Waals surface area contributed by atoms with Crippen molar-refractivity contribution in [3.8, 4) is 44.5 Å². The predicted molar refractivity (Wildman–Crippen MR) is 258 cm³/mol. The number of benzene rings is 9. The molecule has 0 unspecified atom stereocenters. The van der Waals surface area contributed by atoms with Crippen LogP contribution < -0.4 is 4.90 Å². The van der Waals surface area contributed by atoms with Crippen LogP contribution in [0.4, 0.5) is 17.1 Å². The highest BCUT2D eigenvalue weighted by Gasteiger charge is 2.38. The largest absolute Gasteiger partial charge is 0.310 e. The van der Waals surface area contributed by atoms with Gasteiger partial charge in [0.15, 0.2) is 0 Å². The van der Waals surface area contributed by atoms with E-state index < -0.39 is 0 Å². The molecule has 0 saturated carbocycles. The van der Waals surface area contributed by atoms with Gasteiger partial charge in [0.2, 0.25) is 0 Å². The van der Waals surface area contributed by atoms with Crippen LogP contribution in [0.2, 0.25) is 0 Å². The zero-order chi connectivity index (χ0) is 40.3. The first-order valence-corrected chi connectivity index (χ1v) is 21.9. The molecule has 2 aliphatic carbocycles. The van der Waals surface area contributed by atoms with Gasteiger partial charge in [0.05, 0.1) is 0 Å². The first kappa shape index (κ1) is 35.2. The summed E-state index contributed by atoms with van der Waals surface area (Å²) in [5.41, 5.74) is 19.1. The van der Waals surface area contributed by atoms with Gasteiger partial charge >= 0.3 is 0 Å². The predicted octanol–water partition coefficient (Wildman–Crippen LogP) is 16.6. The van der Waals surface area contributed by atoms with Crippen molar-refractivity contribution in [1.82, 2.24) is 0 Å². The number of hydrogen-bond acceptors (Lipinski definition) is 2. The Balaban J connectivity index is 1.04. The standard InChI is InChI=1S/C58H43NS/c1-57(2)49-19-11-8-16-42(49)43-31-30-41(34-51(43)57)59(39-26-22-37(23-27-39)36-14-6-5-7-15-36)40-28-24-38(25-29-40)48-35-52-54(47-18-9-12-20-50(47)58(52,3)4)55-45(48)32-33-46-44-17-10-13-21-53(44)60-56(46)55/h5-35H,1-4H3. The number of thiophene rings is 1. The van der Waals surface area contributed by atoms with Gasteiger partial charge in [-0.15, -0.1) is 11.3 Å². The van der Waals surface area contributed by atoms with Crippen molar-refractivity contribution in [2.24, 2.45) is 0 Å². The summed E-state index contributed by atoms with van der Waals surface area (Å²) in [6.07, 6.45) is 0. The SMILES string of the molecule is CC1(C)c2ccccc2-c2ccc(N(c3ccc(-c4ccccc4)cc3)c3ccc(-c4cc5c(c6c4ccc4c7ccccc7sc46)-c4ccccc4C5(C)C)cc3)cc21. The second-order valence-electron chi connectivity index (χ2n) is 17.7. The molecule has 10 aromatic rings. The molecular weight excluding hydrogens is 743 g/mol. The monoisotopic (exact) mass is 785 g/mol. The minimum absolute atomic E-state index is 0.101. The molecule has 9 aromatic carbocycles. The zero-order valence-corrected chi connectivity index (χ0v) is 35.1. The molecule has 2 heteroatoms. The van der Waals surface area contributed by atoms with Gasteiger partial charge in [0.1, 0.15) is 0 Å². The Labute approximate surface area is 355 Å². The number of nitrogens with zero attached hydrogens (tertiary/aromatic N) is 1. The third-order valence-electron chi connectivity index (χ3n) is 13.7. The van der Waals surface area contributed by atoms with E-state index in [0.717, 1.165) is 17.1 Å². The van der Waals surface area contributed by atoms with Crippen molar-refractivity contribution < 1.29 is 0 Å². The second-order valence-corrected chi connectivity index (χ2v) is 18.7. The van der Waals surface area contributed by atoms with Gasteiger partial charge in [-0.2, -0.15) is 0 Å². The molecule has 0 amide bonds. The van der Waals surface area contributed by atoms with Crippen molar-refractivity contribution in [3.63, 3.8) is 0 Å². The number of fused-ring (bicyclic) bond motifs is 12. The molecule has 2 aliphatic rings. The van der Waals surface area contributed by atoms with E-state index >= 15 is 0 Å². The Morgan fingerprint density at radius 3 is 1.67 bits per heavy atom. The first-order chi connectivity index (χ1) is 29.3. The lowest BCUT2D eigenvalue weighted by molar-refractivity contribution is 0.660. The average molecular weight is 786 g/mol. The van der Waals surface area contributed by atoms with Crippen molar-refractivity contribution in [1.29, 1.82) is 0 Å². The van der Waals surface area contributed by atoms with Crippen molar-refractivity contribution in [2.75, 3.05) is 4.90 Å². The maximum atomic E-state index is 2.51. The van der Waals surface area contributed by atoms with E-state index in [0.29, 0.717) is 0 Å². The molecule has 0 atom stereocenters. The van der Waals surface area contributed by atoms with Crippen LogP contribution in [0, 0.1) is 0 Å². The highest BCUT2D eigenvalue weighted by molar-refractivity contribution is 7.26. The van der Waals surface area contributed by atoms with Crippen LogP contribution in [0.5, 0.6) is 0 Å². The summed E-state index contributed by atoms with van der Waals surface area (Å²) in [6.45, 7) is 9.53. The van der Waals surface area contributed by atoms with E-state index in [9.17, 15) is 0 Å². The third kappa shape index (κ3) is 5.04. The molecule has 0 radical (unpaired) electrons. The summed E-state index contributed by atoms with van der Waals surface area (Å²) in [5, 5.41) is 5.37. The molecule has 60 heavy (non-hydrogen) atoms. The summed E-state index contributed by atoms with van der Waals surface area (Å²) < 4.78 is 2.72. The van der Waals surface area contributed by atoms with Crippen LogP contribution in [-0.2, 0) is 10.8 Å². The van der Waals surface area contributed by atoms with E-state index in [1.54, 1.807) is 0 Å². The van der Waals surface area contributed by atoms with Gasteiger partial charge in [-0.3, -0.25) is 0 Å². The van der Waals surface area contributed by atoms with Crippen LogP contribution >= 0.6 is 11.3 Å². The summed E-state index contributed by atoms with van der Waals surface area (Å²) in [4.78, 5) is 2.43. The molecule has 1 heterocycles. The number of hydrogen-bond donors (Lipinski definition) is 0. The van der Waals surface area contributed by atoms with Crippen LogP contribution in [0.3, 0.4) is 0 Å². The molecule has 1 nitrogen and oxygen atoms in total. The van der Waals surface area contributed by atoms with Gasteiger partial charge in [0, 0.05) is 53.5 Å². The average Bonchev–Trinajstić information content (AvgIpc) is 3.87. The Bertz CT molecular complexity index is 3350. The minimum atomic E-state index is -0.128. The Kier molecular flexibility index (Phi) is 7.56. The van der Waals surface area contributed by atoms with Gasteiger partial charge in [0.25, 0.3) is 0 Å². The molecule has 0 spiro atoms. The fourth-order valence-electron chi connectivity index (χ4n) is 10.6. The van der Waals surface area contributed by atoms with Crippen molar-refractivity contribution >= 4 is 59.3 Å². The van der Waals surface area contributed by atoms with Gasteiger partial charge in [-0.25, -0.2) is 0 Å².